The number of fused-ring (bicyclic) bond motifs is 4. The van der Waals surface area contributed by atoms with Crippen molar-refractivity contribution >= 4 is 22.8 Å². The number of urea groups is 1. The van der Waals surface area contributed by atoms with E-state index >= 15 is 0 Å². The van der Waals surface area contributed by atoms with Crippen LogP contribution in [0.2, 0.25) is 0 Å². The molecule has 2 aromatic carbocycles. The summed E-state index contributed by atoms with van der Waals surface area (Å²) in [5.74, 6) is 0.461. The molecule has 0 radical (unpaired) electrons. The summed E-state index contributed by atoms with van der Waals surface area (Å²) in [5, 5.41) is 0. The maximum absolute atomic E-state index is 13.4. The lowest BCUT2D eigenvalue weighted by Crippen LogP contribution is -2.49. The molecular weight excluding hydrogens is 382 g/mol. The molecule has 0 spiro atoms. The van der Waals surface area contributed by atoms with Crippen molar-refractivity contribution in [3.63, 3.8) is 0 Å². The van der Waals surface area contributed by atoms with E-state index in [0.29, 0.717) is 50.0 Å². The van der Waals surface area contributed by atoms with Crippen molar-refractivity contribution in [3.05, 3.63) is 60.6 Å². The SMILES string of the molecule is O=C(N1CCOCC1)N1Cc2c(-c3nc4ccccc4o3)ncn2-c2ccccc21. The summed E-state index contributed by atoms with van der Waals surface area (Å²) < 4.78 is 13.4. The second kappa shape index (κ2) is 6.70. The third kappa shape index (κ3) is 2.61. The van der Waals surface area contributed by atoms with Gasteiger partial charge in [-0.15, -0.1) is 0 Å². The van der Waals surface area contributed by atoms with E-state index in [0.717, 1.165) is 22.6 Å². The number of aromatic nitrogens is 3. The predicted octanol–water partition coefficient (Wildman–Crippen LogP) is 3.45. The highest BCUT2D eigenvalue weighted by Crippen LogP contribution is 2.37. The second-order valence-electron chi connectivity index (χ2n) is 7.35. The van der Waals surface area contributed by atoms with Gasteiger partial charge in [0, 0.05) is 13.1 Å². The number of rotatable bonds is 1. The molecule has 4 aromatic rings. The monoisotopic (exact) mass is 401 g/mol. The smallest absolute Gasteiger partial charge is 0.325 e. The summed E-state index contributed by atoms with van der Waals surface area (Å²) in [6.45, 7) is 2.70. The lowest BCUT2D eigenvalue weighted by atomic mass is 10.1. The van der Waals surface area contributed by atoms with Crippen LogP contribution in [0.1, 0.15) is 5.69 Å². The first-order valence-electron chi connectivity index (χ1n) is 9.95. The van der Waals surface area contributed by atoms with E-state index in [1.165, 1.54) is 0 Å². The maximum atomic E-state index is 13.4. The van der Waals surface area contributed by atoms with Gasteiger partial charge in [-0.1, -0.05) is 24.3 Å². The van der Waals surface area contributed by atoms with Crippen molar-refractivity contribution in [2.24, 2.45) is 0 Å². The minimum absolute atomic E-state index is 0.0262. The van der Waals surface area contributed by atoms with E-state index < -0.39 is 0 Å². The van der Waals surface area contributed by atoms with Crippen LogP contribution in [0.3, 0.4) is 0 Å². The van der Waals surface area contributed by atoms with Crippen molar-refractivity contribution in [1.82, 2.24) is 19.4 Å². The molecule has 2 amide bonds. The van der Waals surface area contributed by atoms with Gasteiger partial charge in [0.2, 0.25) is 5.89 Å². The van der Waals surface area contributed by atoms with Gasteiger partial charge in [0.05, 0.1) is 36.8 Å². The van der Waals surface area contributed by atoms with Crippen LogP contribution in [0, 0.1) is 0 Å². The Morgan fingerprint density at radius 2 is 1.73 bits per heavy atom. The zero-order valence-electron chi connectivity index (χ0n) is 16.2. The number of benzene rings is 2. The first-order valence-corrected chi connectivity index (χ1v) is 9.95. The fourth-order valence-corrected chi connectivity index (χ4v) is 4.11. The van der Waals surface area contributed by atoms with Crippen LogP contribution in [0.15, 0.2) is 59.3 Å². The van der Waals surface area contributed by atoms with Crippen LogP contribution in [0.25, 0.3) is 28.4 Å². The van der Waals surface area contributed by atoms with Crippen LogP contribution in [0.5, 0.6) is 0 Å². The number of carbonyl (C=O) groups is 1. The Morgan fingerprint density at radius 3 is 2.57 bits per heavy atom. The number of nitrogens with zero attached hydrogens (tertiary/aromatic N) is 5. The molecule has 1 saturated heterocycles. The lowest BCUT2D eigenvalue weighted by Gasteiger charge is -2.36. The van der Waals surface area contributed by atoms with Crippen LogP contribution in [0.4, 0.5) is 10.5 Å². The number of hydrogen-bond donors (Lipinski definition) is 0. The van der Waals surface area contributed by atoms with Gasteiger partial charge in [0.15, 0.2) is 5.58 Å². The van der Waals surface area contributed by atoms with Gasteiger partial charge in [-0.25, -0.2) is 14.8 Å². The van der Waals surface area contributed by atoms with E-state index in [2.05, 4.69) is 9.97 Å². The number of morpholine rings is 1. The summed E-state index contributed by atoms with van der Waals surface area (Å²) in [5.41, 5.74) is 4.80. The van der Waals surface area contributed by atoms with Gasteiger partial charge in [-0.05, 0) is 24.3 Å². The van der Waals surface area contributed by atoms with Crippen LogP contribution in [-0.2, 0) is 11.3 Å². The molecule has 1 fully saturated rings. The van der Waals surface area contributed by atoms with E-state index in [4.69, 9.17) is 9.15 Å². The molecule has 8 nitrogen and oxygen atoms in total. The minimum atomic E-state index is -0.0262. The molecule has 2 aromatic heterocycles. The zero-order chi connectivity index (χ0) is 20.1. The van der Waals surface area contributed by atoms with Crippen molar-refractivity contribution in [3.8, 4) is 17.3 Å². The summed E-state index contributed by atoms with van der Waals surface area (Å²) in [7, 11) is 0. The Morgan fingerprint density at radius 1 is 0.967 bits per heavy atom. The van der Waals surface area contributed by atoms with Gasteiger partial charge in [0.1, 0.15) is 17.5 Å². The Labute approximate surface area is 172 Å². The Balaban J connectivity index is 1.45. The van der Waals surface area contributed by atoms with Gasteiger partial charge >= 0.3 is 6.03 Å². The average Bonchev–Trinajstić information content (AvgIpc) is 3.42. The van der Waals surface area contributed by atoms with Gasteiger partial charge < -0.3 is 14.1 Å². The van der Waals surface area contributed by atoms with E-state index in [9.17, 15) is 4.79 Å². The second-order valence-corrected chi connectivity index (χ2v) is 7.35. The average molecular weight is 401 g/mol. The molecule has 0 atom stereocenters. The lowest BCUT2D eigenvalue weighted by molar-refractivity contribution is 0.0547. The molecule has 4 heterocycles. The number of para-hydroxylation sites is 4. The summed E-state index contributed by atoms with van der Waals surface area (Å²) in [4.78, 5) is 26.2. The van der Waals surface area contributed by atoms with Crippen LogP contribution >= 0.6 is 0 Å². The van der Waals surface area contributed by atoms with Gasteiger partial charge in [-0.2, -0.15) is 0 Å². The van der Waals surface area contributed by atoms with E-state index in [-0.39, 0.29) is 6.03 Å². The van der Waals surface area contributed by atoms with Crippen LogP contribution < -0.4 is 4.90 Å². The quantitative estimate of drug-likeness (QED) is 0.488. The Bertz CT molecular complexity index is 1220. The standard InChI is InChI=1S/C22H19N5O3/c28-22(25-9-11-29-12-10-25)26-13-18-20(21-24-15-5-1-4-8-19(15)30-21)23-14-27(18)17-7-3-2-6-16(17)26/h1-8,14H,9-13H2. The molecule has 30 heavy (non-hydrogen) atoms. The highest BCUT2D eigenvalue weighted by atomic mass is 16.5. The molecule has 2 aliphatic rings. The number of oxazole rings is 1. The maximum Gasteiger partial charge on any atom is 0.325 e. The van der Waals surface area contributed by atoms with Crippen molar-refractivity contribution in [2.75, 3.05) is 31.2 Å². The molecule has 150 valence electrons. The topological polar surface area (TPSA) is 76.6 Å². The van der Waals surface area contributed by atoms with E-state index in [1.807, 2.05) is 62.9 Å². The van der Waals surface area contributed by atoms with Gasteiger partial charge in [-0.3, -0.25) is 9.47 Å². The molecule has 6 rings (SSSR count). The third-order valence-corrected chi connectivity index (χ3v) is 5.62. The molecule has 0 saturated carbocycles. The van der Waals surface area contributed by atoms with Crippen LogP contribution in [-0.4, -0.2) is 51.8 Å². The predicted molar refractivity (Wildman–Crippen MR) is 111 cm³/mol. The number of amides is 2. The molecule has 0 N–H and O–H groups in total. The molecule has 8 heteroatoms. The highest BCUT2D eigenvalue weighted by Gasteiger charge is 2.33. The summed E-state index contributed by atoms with van der Waals surface area (Å²) in [6.07, 6.45) is 1.77. The number of carbonyl (C=O) groups excluding carboxylic acids is 1. The van der Waals surface area contributed by atoms with Gasteiger partial charge in [0.25, 0.3) is 0 Å². The molecular formula is C22H19N5O3. The minimum Gasteiger partial charge on any atom is -0.435 e. The fourth-order valence-electron chi connectivity index (χ4n) is 4.11. The van der Waals surface area contributed by atoms with Crippen molar-refractivity contribution in [1.29, 1.82) is 0 Å². The number of ether oxygens (including phenoxy) is 1. The first kappa shape index (κ1) is 17.2. The Kier molecular flexibility index (Phi) is 3.85. The van der Waals surface area contributed by atoms with E-state index in [1.54, 1.807) is 6.33 Å². The Hall–Kier alpha value is -3.65. The summed E-state index contributed by atoms with van der Waals surface area (Å²) in [6, 6.07) is 15.5. The number of hydrogen-bond acceptors (Lipinski definition) is 5. The molecule has 0 unspecified atom stereocenters. The zero-order valence-corrected chi connectivity index (χ0v) is 16.2. The largest absolute Gasteiger partial charge is 0.435 e. The summed E-state index contributed by atoms with van der Waals surface area (Å²) >= 11 is 0. The fraction of sp³-hybridized carbons (Fsp3) is 0.227. The highest BCUT2D eigenvalue weighted by molar-refractivity contribution is 5.95. The van der Waals surface area contributed by atoms with Crippen molar-refractivity contribution < 1.29 is 13.9 Å². The number of anilines is 1. The normalized spacial score (nSPS) is 15.9. The molecule has 2 aliphatic heterocycles. The number of imidazole rings is 1. The molecule has 0 aliphatic carbocycles. The molecule has 0 bridgehead atoms. The first-order chi connectivity index (χ1) is 14.8. The third-order valence-electron chi connectivity index (χ3n) is 5.62. The van der Waals surface area contributed by atoms with Crippen molar-refractivity contribution in [2.45, 2.75) is 6.54 Å².